The topological polar surface area (TPSA) is 60.4 Å². The molecule has 0 aliphatic rings. The number of aliphatic hydroxyl groups excluding tert-OH is 1. The standard InChI is InChI=1S/C9H10O3.Ag/c10-6-8(9(11)12)7-4-2-1-3-5-7;/h1-5,8,10H,6H2,(H,11,12);/q;+1/p-1. The Hall–Kier alpha value is -0.610. The van der Waals surface area contributed by atoms with Gasteiger partial charge in [0.15, 0.2) is 0 Å². The van der Waals surface area contributed by atoms with E-state index in [4.69, 9.17) is 5.11 Å². The number of carbonyl (C=O) groups is 1. The van der Waals surface area contributed by atoms with Crippen LogP contribution in [0.25, 0.3) is 0 Å². The fourth-order valence-electron chi connectivity index (χ4n) is 1.00. The van der Waals surface area contributed by atoms with Crippen LogP contribution < -0.4 is 5.11 Å². The van der Waals surface area contributed by atoms with E-state index in [1.807, 2.05) is 0 Å². The molecule has 1 N–H and O–H groups in total. The number of carbonyl (C=O) groups excluding carboxylic acids is 1. The molecule has 0 heterocycles. The summed E-state index contributed by atoms with van der Waals surface area (Å²) in [5.74, 6) is -2.16. The van der Waals surface area contributed by atoms with Crippen molar-refractivity contribution in [2.24, 2.45) is 0 Å². The summed E-state index contributed by atoms with van der Waals surface area (Å²) in [5.41, 5.74) is 0.569. The number of benzene rings is 1. The van der Waals surface area contributed by atoms with E-state index in [1.165, 1.54) is 0 Å². The van der Waals surface area contributed by atoms with E-state index in [-0.39, 0.29) is 22.4 Å². The molecule has 74 valence electrons. The summed E-state index contributed by atoms with van der Waals surface area (Å²) in [4.78, 5) is 10.5. The third-order valence-electron chi connectivity index (χ3n) is 1.67. The molecule has 1 atom stereocenters. The van der Waals surface area contributed by atoms with Gasteiger partial charge in [0.2, 0.25) is 0 Å². The average molecular weight is 273 g/mol. The smallest absolute Gasteiger partial charge is 0.549 e. The molecule has 3 nitrogen and oxygen atoms in total. The second-order valence-electron chi connectivity index (χ2n) is 2.46. The van der Waals surface area contributed by atoms with Crippen molar-refractivity contribution in [3.05, 3.63) is 35.9 Å². The molecule has 0 saturated carbocycles. The first kappa shape index (κ1) is 12.4. The molecular weight excluding hydrogens is 264 g/mol. The number of hydrogen-bond donors (Lipinski definition) is 1. The van der Waals surface area contributed by atoms with Gasteiger partial charge in [0.05, 0.1) is 12.6 Å². The van der Waals surface area contributed by atoms with Gasteiger partial charge in [-0.2, -0.15) is 0 Å². The van der Waals surface area contributed by atoms with E-state index in [9.17, 15) is 9.90 Å². The zero-order chi connectivity index (χ0) is 8.97. The summed E-state index contributed by atoms with van der Waals surface area (Å²) in [6, 6.07) is 8.53. The molecule has 1 aromatic carbocycles. The number of aliphatic hydroxyl groups is 1. The minimum absolute atomic E-state index is 0. The fourth-order valence-corrected chi connectivity index (χ4v) is 1.00. The fraction of sp³-hybridized carbons (Fsp3) is 0.222. The summed E-state index contributed by atoms with van der Waals surface area (Å²) < 4.78 is 0. The van der Waals surface area contributed by atoms with Crippen molar-refractivity contribution in [2.45, 2.75) is 5.92 Å². The summed E-state index contributed by atoms with van der Waals surface area (Å²) in [6.07, 6.45) is 0. The number of carboxylic acids is 1. The van der Waals surface area contributed by atoms with Crippen molar-refractivity contribution in [1.29, 1.82) is 0 Å². The van der Waals surface area contributed by atoms with Gasteiger partial charge in [-0.05, 0) is 5.56 Å². The average Bonchev–Trinajstić information content (AvgIpc) is 2.07. The molecule has 1 rings (SSSR count). The van der Waals surface area contributed by atoms with Gasteiger partial charge in [0.25, 0.3) is 0 Å². The quantitative estimate of drug-likeness (QED) is 0.756. The van der Waals surface area contributed by atoms with Gasteiger partial charge in [-0.25, -0.2) is 0 Å². The van der Waals surface area contributed by atoms with Crippen LogP contribution in [0.4, 0.5) is 0 Å². The minimum atomic E-state index is -1.25. The minimum Gasteiger partial charge on any atom is -0.549 e. The van der Waals surface area contributed by atoms with Gasteiger partial charge in [-0.3, -0.25) is 0 Å². The van der Waals surface area contributed by atoms with Crippen molar-refractivity contribution in [3.8, 4) is 0 Å². The van der Waals surface area contributed by atoms with Crippen molar-refractivity contribution in [3.63, 3.8) is 0 Å². The van der Waals surface area contributed by atoms with Crippen LogP contribution in [0.3, 0.4) is 0 Å². The van der Waals surface area contributed by atoms with Crippen LogP contribution in [-0.4, -0.2) is 17.7 Å². The maximum absolute atomic E-state index is 10.5. The summed E-state index contributed by atoms with van der Waals surface area (Å²) >= 11 is 0. The van der Waals surface area contributed by atoms with Crippen LogP contribution in [-0.2, 0) is 27.2 Å². The van der Waals surface area contributed by atoms with Crippen LogP contribution in [0.2, 0.25) is 0 Å². The maximum Gasteiger partial charge on any atom is 1.00 e. The van der Waals surface area contributed by atoms with E-state index in [2.05, 4.69) is 0 Å². The Labute approximate surface area is 91.9 Å². The number of hydrogen-bond acceptors (Lipinski definition) is 3. The molecule has 0 radical (unpaired) electrons. The molecule has 0 aromatic heterocycles. The van der Waals surface area contributed by atoms with Crippen LogP contribution >= 0.6 is 0 Å². The molecule has 0 bridgehead atoms. The van der Waals surface area contributed by atoms with Crippen molar-refractivity contribution in [2.75, 3.05) is 6.61 Å². The SMILES string of the molecule is O=C([O-])C(CO)c1ccccc1.[Ag+]. The molecule has 1 aromatic rings. The first-order chi connectivity index (χ1) is 5.75. The first-order valence-electron chi connectivity index (χ1n) is 3.62. The van der Waals surface area contributed by atoms with Crippen LogP contribution in [0, 0.1) is 0 Å². The van der Waals surface area contributed by atoms with Crippen molar-refractivity contribution < 1.29 is 37.4 Å². The molecule has 0 spiro atoms. The van der Waals surface area contributed by atoms with Gasteiger partial charge < -0.3 is 15.0 Å². The molecule has 0 aliphatic carbocycles. The van der Waals surface area contributed by atoms with E-state index in [0.29, 0.717) is 5.56 Å². The normalized spacial score (nSPS) is 11.5. The van der Waals surface area contributed by atoms with Gasteiger partial charge in [-0.15, -0.1) is 0 Å². The van der Waals surface area contributed by atoms with Gasteiger partial charge in [0.1, 0.15) is 0 Å². The first-order valence-corrected chi connectivity index (χ1v) is 3.62. The maximum atomic E-state index is 10.5. The predicted molar refractivity (Wildman–Crippen MR) is 41.3 cm³/mol. The van der Waals surface area contributed by atoms with E-state index >= 15 is 0 Å². The monoisotopic (exact) mass is 272 g/mol. The number of aliphatic carboxylic acids is 1. The summed E-state index contributed by atoms with van der Waals surface area (Å²) in [6.45, 7) is -0.424. The van der Waals surface area contributed by atoms with Crippen LogP contribution in [0.5, 0.6) is 0 Å². The Morgan fingerprint density at radius 2 is 1.92 bits per heavy atom. The van der Waals surface area contributed by atoms with Crippen molar-refractivity contribution >= 4 is 5.97 Å². The molecule has 0 aliphatic heterocycles. The van der Waals surface area contributed by atoms with E-state index in [1.54, 1.807) is 30.3 Å². The number of rotatable bonds is 3. The Morgan fingerprint density at radius 3 is 2.31 bits per heavy atom. The van der Waals surface area contributed by atoms with Gasteiger partial charge in [0, 0.05) is 5.92 Å². The van der Waals surface area contributed by atoms with Gasteiger partial charge in [-0.1, -0.05) is 30.3 Å². The van der Waals surface area contributed by atoms with Crippen molar-refractivity contribution in [1.82, 2.24) is 0 Å². The molecular formula is C9H9AgO3. The Balaban J connectivity index is 0.00000144. The van der Waals surface area contributed by atoms with E-state index < -0.39 is 18.5 Å². The van der Waals surface area contributed by atoms with E-state index in [0.717, 1.165) is 0 Å². The molecule has 0 saturated heterocycles. The second-order valence-corrected chi connectivity index (χ2v) is 2.46. The zero-order valence-electron chi connectivity index (χ0n) is 6.74. The summed E-state index contributed by atoms with van der Waals surface area (Å²) in [7, 11) is 0. The van der Waals surface area contributed by atoms with Gasteiger partial charge >= 0.3 is 22.4 Å². The third-order valence-corrected chi connectivity index (χ3v) is 1.67. The molecule has 13 heavy (non-hydrogen) atoms. The Bertz CT molecular complexity index is 261. The van der Waals surface area contributed by atoms with Crippen LogP contribution in [0.1, 0.15) is 11.5 Å². The van der Waals surface area contributed by atoms with Crippen LogP contribution in [0.15, 0.2) is 30.3 Å². The largest absolute Gasteiger partial charge is 1.00 e. The summed E-state index contributed by atoms with van der Waals surface area (Å²) in [5, 5.41) is 19.2. The molecule has 0 amide bonds. The second kappa shape index (κ2) is 5.94. The third kappa shape index (κ3) is 3.32. The predicted octanol–water partition coefficient (Wildman–Crippen LogP) is -0.490. The zero-order valence-corrected chi connectivity index (χ0v) is 8.22. The Morgan fingerprint density at radius 1 is 1.38 bits per heavy atom. The number of carboxylic acid groups (broad SMARTS) is 1. The molecule has 0 fully saturated rings. The molecule has 4 heteroatoms. The Kier molecular flexibility index (Phi) is 5.66. The molecule has 1 unspecified atom stereocenters.